The molecule has 24 heavy (non-hydrogen) atoms. The molecule has 0 aliphatic heterocycles. The lowest BCUT2D eigenvalue weighted by Gasteiger charge is -1.99. The summed E-state index contributed by atoms with van der Waals surface area (Å²) in [5.41, 5.74) is 3.97. The largest absolute Gasteiger partial charge is 0.452 e. The monoisotopic (exact) mass is 337 g/mol. The number of rotatable bonds is 3. The molecule has 4 aromatic rings. The highest BCUT2D eigenvalue weighted by Crippen LogP contribution is 2.25. The summed E-state index contributed by atoms with van der Waals surface area (Å²) in [6, 6.07) is 17.0. The van der Waals surface area contributed by atoms with Gasteiger partial charge in [0.1, 0.15) is 11.3 Å². The van der Waals surface area contributed by atoms with E-state index in [1.165, 1.54) is 0 Å². The van der Waals surface area contributed by atoms with Crippen LogP contribution in [0.15, 0.2) is 59.0 Å². The van der Waals surface area contributed by atoms with Crippen LogP contribution in [0.5, 0.6) is 0 Å². The lowest BCUT2D eigenvalue weighted by Crippen LogP contribution is -1.98. The highest BCUT2D eigenvalue weighted by Gasteiger charge is 2.13. The second-order valence-electron chi connectivity index (χ2n) is 5.40. The minimum Gasteiger partial charge on any atom is -0.452 e. The van der Waals surface area contributed by atoms with E-state index in [2.05, 4.69) is 10.2 Å². The quantitative estimate of drug-likeness (QED) is 0.521. The van der Waals surface area contributed by atoms with Crippen LogP contribution in [0.2, 0.25) is 0 Å². The molecule has 0 saturated carbocycles. The van der Waals surface area contributed by atoms with Gasteiger partial charge in [0.15, 0.2) is 5.76 Å². The second-order valence-corrected chi connectivity index (χ2v) is 5.74. The Morgan fingerprint density at radius 1 is 1.08 bits per heavy atom. The number of hydrogen-bond acceptors (Lipinski definition) is 4. The average molecular weight is 338 g/mol. The van der Waals surface area contributed by atoms with Crippen LogP contribution in [0.3, 0.4) is 0 Å². The van der Waals surface area contributed by atoms with Crippen molar-refractivity contribution >= 4 is 27.8 Å². The molecule has 0 aliphatic rings. The van der Waals surface area contributed by atoms with Crippen molar-refractivity contribution in [3.05, 3.63) is 66.1 Å². The summed E-state index contributed by atoms with van der Waals surface area (Å²) in [4.78, 5) is 12.8. The van der Waals surface area contributed by atoms with Crippen molar-refractivity contribution in [3.63, 3.8) is 0 Å². The number of aromatic nitrogens is 3. The van der Waals surface area contributed by atoms with Crippen LogP contribution in [0, 0.1) is 6.92 Å². The van der Waals surface area contributed by atoms with Gasteiger partial charge in [-0.15, -0.1) is 5.10 Å². The van der Waals surface area contributed by atoms with Gasteiger partial charge >= 0.3 is 0 Å². The number of carbonyl (C=O) groups excluding carboxylic acids is 1. The van der Waals surface area contributed by atoms with Crippen molar-refractivity contribution in [2.75, 3.05) is 0 Å². The van der Waals surface area contributed by atoms with Crippen LogP contribution in [-0.2, 0) is 0 Å². The number of nitrogens with zero attached hydrogens (tertiary/aromatic N) is 3. The van der Waals surface area contributed by atoms with Gasteiger partial charge in [-0.3, -0.25) is 4.79 Å². The minimum atomic E-state index is -0.618. The molecular weight excluding hydrogens is 326 g/mol. The van der Waals surface area contributed by atoms with Gasteiger partial charge in [-0.1, -0.05) is 30.3 Å². The van der Waals surface area contributed by atoms with Crippen molar-refractivity contribution < 1.29 is 9.21 Å². The van der Waals surface area contributed by atoms with E-state index in [1.54, 1.807) is 16.9 Å². The van der Waals surface area contributed by atoms with Gasteiger partial charge < -0.3 is 4.42 Å². The van der Waals surface area contributed by atoms with E-state index in [1.807, 2.05) is 49.4 Å². The van der Waals surface area contributed by atoms with Crippen LogP contribution in [0.1, 0.15) is 16.2 Å². The van der Waals surface area contributed by atoms with E-state index in [0.29, 0.717) is 5.58 Å². The Hall–Kier alpha value is -2.92. The van der Waals surface area contributed by atoms with Crippen LogP contribution in [-0.4, -0.2) is 20.2 Å². The average Bonchev–Trinajstić information content (AvgIpc) is 3.18. The summed E-state index contributed by atoms with van der Waals surface area (Å²) < 4.78 is 5.46. The van der Waals surface area contributed by atoms with E-state index < -0.39 is 5.24 Å². The summed E-state index contributed by atoms with van der Waals surface area (Å²) in [7, 11) is 0. The molecule has 118 valence electrons. The van der Waals surface area contributed by atoms with Gasteiger partial charge in [0, 0.05) is 17.0 Å². The van der Waals surface area contributed by atoms with Gasteiger partial charge in [-0.05, 0) is 36.7 Å². The minimum absolute atomic E-state index is 0.124. The maximum absolute atomic E-state index is 11.2. The van der Waals surface area contributed by atoms with Crippen molar-refractivity contribution in [1.29, 1.82) is 0 Å². The van der Waals surface area contributed by atoms with Gasteiger partial charge in [-0.2, -0.15) is 9.90 Å². The standard InChI is InChI=1S/C18H12ClN3O2/c1-11-17(12-5-3-2-4-6-12)21-22(20-11)14-8-7-13-9-16(18(19)23)24-15(13)10-14/h2-10H,1H3. The number of fused-ring (bicyclic) bond motifs is 1. The molecular formula is C18H12ClN3O2. The summed E-state index contributed by atoms with van der Waals surface area (Å²) in [5.74, 6) is 0.124. The summed E-state index contributed by atoms with van der Waals surface area (Å²) in [6.45, 7) is 1.92. The molecule has 6 heteroatoms. The molecule has 0 radical (unpaired) electrons. The van der Waals surface area contributed by atoms with E-state index >= 15 is 0 Å². The zero-order valence-electron chi connectivity index (χ0n) is 12.7. The number of furan rings is 1. The van der Waals surface area contributed by atoms with Crippen LogP contribution in [0.4, 0.5) is 0 Å². The zero-order chi connectivity index (χ0) is 16.7. The lowest BCUT2D eigenvalue weighted by molar-refractivity contribution is 0.105. The van der Waals surface area contributed by atoms with E-state index in [-0.39, 0.29) is 5.76 Å². The van der Waals surface area contributed by atoms with Crippen LogP contribution >= 0.6 is 11.6 Å². The summed E-state index contributed by atoms with van der Waals surface area (Å²) >= 11 is 5.46. The molecule has 0 fully saturated rings. The first-order chi connectivity index (χ1) is 11.6. The molecule has 0 unspecified atom stereocenters. The number of halogens is 1. The first kappa shape index (κ1) is 14.7. The Morgan fingerprint density at radius 3 is 2.62 bits per heavy atom. The smallest absolute Gasteiger partial charge is 0.287 e. The third-order valence-corrected chi connectivity index (χ3v) is 3.94. The molecule has 0 N–H and O–H groups in total. The SMILES string of the molecule is Cc1nn(-c2ccc3cc(C(=O)Cl)oc3c2)nc1-c1ccccc1. The summed E-state index contributed by atoms with van der Waals surface area (Å²) in [5, 5.41) is 9.23. The predicted octanol–water partition coefficient (Wildman–Crippen LogP) is 4.37. The third kappa shape index (κ3) is 2.49. The number of benzene rings is 2. The van der Waals surface area contributed by atoms with E-state index in [0.717, 1.165) is 28.0 Å². The predicted molar refractivity (Wildman–Crippen MR) is 91.5 cm³/mol. The fourth-order valence-electron chi connectivity index (χ4n) is 2.60. The highest BCUT2D eigenvalue weighted by molar-refractivity contribution is 6.67. The van der Waals surface area contributed by atoms with Crippen LogP contribution < -0.4 is 0 Å². The number of hydrogen-bond donors (Lipinski definition) is 0. The van der Waals surface area contributed by atoms with Crippen molar-refractivity contribution in [2.24, 2.45) is 0 Å². The van der Waals surface area contributed by atoms with Crippen molar-refractivity contribution in [1.82, 2.24) is 15.0 Å². The van der Waals surface area contributed by atoms with Crippen LogP contribution in [0.25, 0.3) is 27.9 Å². The molecule has 4 rings (SSSR count). The maximum Gasteiger partial charge on any atom is 0.287 e. The maximum atomic E-state index is 11.2. The van der Waals surface area contributed by atoms with Crippen molar-refractivity contribution in [3.8, 4) is 16.9 Å². The molecule has 0 amide bonds. The molecule has 2 heterocycles. The number of carbonyl (C=O) groups is 1. The molecule has 0 saturated heterocycles. The Balaban J connectivity index is 1.79. The Bertz CT molecular complexity index is 1050. The second kappa shape index (κ2) is 5.62. The third-order valence-electron chi connectivity index (χ3n) is 3.76. The fourth-order valence-corrected chi connectivity index (χ4v) is 2.69. The van der Waals surface area contributed by atoms with E-state index in [9.17, 15) is 4.79 Å². The summed E-state index contributed by atoms with van der Waals surface area (Å²) in [6.07, 6.45) is 0. The number of aryl methyl sites for hydroxylation is 1. The Kier molecular flexibility index (Phi) is 3.43. The Morgan fingerprint density at radius 2 is 1.88 bits per heavy atom. The van der Waals surface area contributed by atoms with Gasteiger partial charge in [0.2, 0.25) is 0 Å². The van der Waals surface area contributed by atoms with Gasteiger partial charge in [0.25, 0.3) is 5.24 Å². The highest BCUT2D eigenvalue weighted by atomic mass is 35.5. The van der Waals surface area contributed by atoms with E-state index in [4.69, 9.17) is 16.0 Å². The topological polar surface area (TPSA) is 60.9 Å². The van der Waals surface area contributed by atoms with Crippen molar-refractivity contribution in [2.45, 2.75) is 6.92 Å². The first-order valence-electron chi connectivity index (χ1n) is 7.35. The van der Waals surface area contributed by atoms with Gasteiger partial charge in [0.05, 0.1) is 11.4 Å². The molecule has 2 aromatic carbocycles. The first-order valence-corrected chi connectivity index (χ1v) is 7.73. The molecule has 0 bridgehead atoms. The molecule has 0 spiro atoms. The fraction of sp³-hybridized carbons (Fsp3) is 0.0556. The molecule has 2 aromatic heterocycles. The molecule has 0 aliphatic carbocycles. The molecule has 0 atom stereocenters. The molecule has 5 nitrogen and oxygen atoms in total. The normalized spacial score (nSPS) is 11.1. The zero-order valence-corrected chi connectivity index (χ0v) is 13.5. The Labute approximate surface area is 142 Å². The van der Waals surface area contributed by atoms with Gasteiger partial charge in [-0.25, -0.2) is 0 Å². The lowest BCUT2D eigenvalue weighted by atomic mass is 10.1.